The minimum atomic E-state index is -0.303. The lowest BCUT2D eigenvalue weighted by molar-refractivity contribution is 0.0726. The Bertz CT molecular complexity index is 818. The third kappa shape index (κ3) is 3.78. The van der Waals surface area contributed by atoms with Crippen molar-refractivity contribution in [3.05, 3.63) is 63.8 Å². The van der Waals surface area contributed by atoms with E-state index in [9.17, 15) is 14.0 Å². The number of halogens is 1. The molecule has 1 aromatic carbocycles. The van der Waals surface area contributed by atoms with Gasteiger partial charge in [0.15, 0.2) is 0 Å². The zero-order valence-corrected chi connectivity index (χ0v) is 14.3. The number of carbonyl (C=O) groups excluding carboxylic acids is 1. The van der Waals surface area contributed by atoms with Gasteiger partial charge in [-0.3, -0.25) is 9.59 Å². The number of hydrogen-bond donors (Lipinski definition) is 0. The molecule has 2 heterocycles. The lowest BCUT2D eigenvalue weighted by Gasteiger charge is -2.25. The topological polar surface area (TPSA) is 55.2 Å². The lowest BCUT2D eigenvalue weighted by Crippen LogP contribution is -2.33. The van der Waals surface area contributed by atoms with Gasteiger partial charge in [-0.05, 0) is 43.0 Å². The molecule has 1 saturated heterocycles. The van der Waals surface area contributed by atoms with Crippen molar-refractivity contribution < 1.29 is 9.18 Å². The van der Waals surface area contributed by atoms with Gasteiger partial charge in [-0.1, -0.05) is 25.5 Å². The highest BCUT2D eigenvalue weighted by Crippen LogP contribution is 2.33. The van der Waals surface area contributed by atoms with Gasteiger partial charge in [0.1, 0.15) is 11.5 Å². The van der Waals surface area contributed by atoms with E-state index in [2.05, 4.69) is 5.10 Å². The Labute approximate surface area is 146 Å². The van der Waals surface area contributed by atoms with Gasteiger partial charge in [0.2, 0.25) is 0 Å². The van der Waals surface area contributed by atoms with Gasteiger partial charge in [0.25, 0.3) is 11.5 Å². The van der Waals surface area contributed by atoms with Crippen molar-refractivity contribution in [2.45, 2.75) is 45.2 Å². The highest BCUT2D eigenvalue weighted by atomic mass is 19.1. The van der Waals surface area contributed by atoms with E-state index in [1.54, 1.807) is 11.0 Å². The summed E-state index contributed by atoms with van der Waals surface area (Å²) < 4.78 is 14.9. The van der Waals surface area contributed by atoms with Crippen molar-refractivity contribution in [3.63, 3.8) is 0 Å². The molecule has 5 nitrogen and oxygen atoms in total. The van der Waals surface area contributed by atoms with Gasteiger partial charge in [0.05, 0.1) is 6.04 Å². The van der Waals surface area contributed by atoms with Crippen LogP contribution in [-0.2, 0) is 6.54 Å². The number of carbonyl (C=O) groups is 1. The van der Waals surface area contributed by atoms with E-state index in [0.29, 0.717) is 13.1 Å². The summed E-state index contributed by atoms with van der Waals surface area (Å²) in [7, 11) is 0. The van der Waals surface area contributed by atoms with Crippen LogP contribution in [0.15, 0.2) is 41.2 Å². The van der Waals surface area contributed by atoms with Crippen LogP contribution in [0.1, 0.15) is 54.7 Å². The summed E-state index contributed by atoms with van der Waals surface area (Å²) >= 11 is 0. The molecule has 0 radical (unpaired) electrons. The zero-order chi connectivity index (χ0) is 17.8. The number of benzene rings is 1. The van der Waals surface area contributed by atoms with Gasteiger partial charge in [-0.2, -0.15) is 5.10 Å². The van der Waals surface area contributed by atoms with Crippen molar-refractivity contribution in [1.29, 1.82) is 0 Å². The van der Waals surface area contributed by atoms with Crippen molar-refractivity contribution in [3.8, 4) is 0 Å². The number of hydrogen-bond acceptors (Lipinski definition) is 3. The molecule has 1 amide bonds. The van der Waals surface area contributed by atoms with Gasteiger partial charge < -0.3 is 4.90 Å². The van der Waals surface area contributed by atoms with E-state index in [1.165, 1.54) is 28.9 Å². The predicted molar refractivity (Wildman–Crippen MR) is 92.8 cm³/mol. The second-order valence-electron chi connectivity index (χ2n) is 6.35. The second kappa shape index (κ2) is 7.59. The molecule has 0 N–H and O–H groups in total. The van der Waals surface area contributed by atoms with E-state index >= 15 is 0 Å². The SMILES string of the molecule is CCCCn1nc(C(=O)N2CCC[C@@H]2c2cccc(F)c2)ccc1=O. The van der Waals surface area contributed by atoms with Crippen molar-refractivity contribution in [2.75, 3.05) is 6.54 Å². The molecular formula is C19H22FN3O2. The first-order valence-corrected chi connectivity index (χ1v) is 8.74. The Kier molecular flexibility index (Phi) is 5.26. The first-order valence-electron chi connectivity index (χ1n) is 8.74. The minimum absolute atomic E-state index is 0.152. The summed E-state index contributed by atoms with van der Waals surface area (Å²) in [5.74, 6) is -0.514. The maximum absolute atomic E-state index is 13.5. The third-order valence-corrected chi connectivity index (χ3v) is 4.56. The molecule has 0 unspecified atom stereocenters. The summed E-state index contributed by atoms with van der Waals surface area (Å²) in [6.45, 7) is 3.15. The molecule has 2 aromatic rings. The summed E-state index contributed by atoms with van der Waals surface area (Å²) in [4.78, 5) is 26.5. The van der Waals surface area contributed by atoms with Crippen LogP contribution in [0.5, 0.6) is 0 Å². The maximum Gasteiger partial charge on any atom is 0.274 e. The van der Waals surface area contributed by atoms with E-state index in [-0.39, 0.29) is 29.0 Å². The molecule has 1 fully saturated rings. The Hall–Kier alpha value is -2.50. The Balaban J connectivity index is 1.85. The minimum Gasteiger partial charge on any atom is -0.330 e. The Morgan fingerprint density at radius 3 is 2.92 bits per heavy atom. The smallest absolute Gasteiger partial charge is 0.274 e. The molecule has 0 bridgehead atoms. The highest BCUT2D eigenvalue weighted by molar-refractivity contribution is 5.92. The largest absolute Gasteiger partial charge is 0.330 e. The Morgan fingerprint density at radius 2 is 2.16 bits per heavy atom. The monoisotopic (exact) mass is 343 g/mol. The number of likely N-dealkylation sites (tertiary alicyclic amines) is 1. The van der Waals surface area contributed by atoms with Gasteiger partial charge >= 0.3 is 0 Å². The highest BCUT2D eigenvalue weighted by Gasteiger charge is 2.31. The van der Waals surface area contributed by atoms with E-state index in [1.807, 2.05) is 13.0 Å². The fraction of sp³-hybridized carbons (Fsp3) is 0.421. The summed E-state index contributed by atoms with van der Waals surface area (Å²) in [6, 6.07) is 9.10. The number of aromatic nitrogens is 2. The standard InChI is InChI=1S/C19H22FN3O2/c1-2-3-12-23-18(24)10-9-16(21-23)19(25)22-11-5-8-17(22)14-6-4-7-15(20)13-14/h4,6-7,9-10,13,17H,2-3,5,8,11-12H2,1H3/t17-/m1/s1. The second-order valence-corrected chi connectivity index (χ2v) is 6.35. The first kappa shape index (κ1) is 17.3. The van der Waals surface area contributed by atoms with Crippen molar-refractivity contribution in [2.24, 2.45) is 0 Å². The average molecular weight is 343 g/mol. The van der Waals surface area contributed by atoms with Gasteiger partial charge in [-0.25, -0.2) is 9.07 Å². The average Bonchev–Trinajstić information content (AvgIpc) is 3.10. The van der Waals surface area contributed by atoms with Crippen LogP contribution >= 0.6 is 0 Å². The fourth-order valence-corrected chi connectivity index (χ4v) is 3.25. The lowest BCUT2D eigenvalue weighted by atomic mass is 10.0. The van der Waals surface area contributed by atoms with Crippen LogP contribution in [0, 0.1) is 5.82 Å². The molecular weight excluding hydrogens is 321 g/mol. The molecule has 132 valence electrons. The van der Waals surface area contributed by atoms with E-state index in [4.69, 9.17) is 0 Å². The zero-order valence-electron chi connectivity index (χ0n) is 14.3. The maximum atomic E-state index is 13.5. The quantitative estimate of drug-likeness (QED) is 0.838. The number of amides is 1. The van der Waals surface area contributed by atoms with Crippen molar-refractivity contribution >= 4 is 5.91 Å². The number of rotatable bonds is 5. The summed E-state index contributed by atoms with van der Waals surface area (Å²) in [6.07, 6.45) is 3.44. The molecule has 1 atom stereocenters. The summed E-state index contributed by atoms with van der Waals surface area (Å²) in [5, 5.41) is 4.24. The molecule has 25 heavy (non-hydrogen) atoms. The van der Waals surface area contributed by atoms with Crippen LogP contribution in [0.25, 0.3) is 0 Å². The molecule has 3 rings (SSSR count). The van der Waals surface area contributed by atoms with Crippen LogP contribution in [0.2, 0.25) is 0 Å². The van der Waals surface area contributed by atoms with Gasteiger partial charge in [0, 0.05) is 19.2 Å². The number of unbranched alkanes of at least 4 members (excludes halogenated alkanes) is 1. The van der Waals surface area contributed by atoms with Crippen LogP contribution in [0.3, 0.4) is 0 Å². The molecule has 0 aliphatic carbocycles. The number of aryl methyl sites for hydroxylation is 1. The molecule has 0 spiro atoms. The first-order chi connectivity index (χ1) is 12.1. The number of nitrogens with zero attached hydrogens (tertiary/aromatic N) is 3. The van der Waals surface area contributed by atoms with Gasteiger partial charge in [-0.15, -0.1) is 0 Å². The Morgan fingerprint density at radius 1 is 1.32 bits per heavy atom. The van der Waals surface area contributed by atoms with Crippen LogP contribution in [0.4, 0.5) is 4.39 Å². The predicted octanol–water partition coefficient (Wildman–Crippen LogP) is 3.16. The molecule has 1 aromatic heterocycles. The van der Waals surface area contributed by atoms with Crippen molar-refractivity contribution in [1.82, 2.24) is 14.7 Å². The fourth-order valence-electron chi connectivity index (χ4n) is 3.25. The van der Waals surface area contributed by atoms with E-state index < -0.39 is 0 Å². The molecule has 1 aliphatic rings. The van der Waals surface area contributed by atoms with Crippen LogP contribution in [-0.4, -0.2) is 27.1 Å². The molecule has 0 saturated carbocycles. The molecule has 6 heteroatoms. The molecule has 1 aliphatic heterocycles. The van der Waals surface area contributed by atoms with Crippen LogP contribution < -0.4 is 5.56 Å². The van der Waals surface area contributed by atoms with E-state index in [0.717, 1.165) is 31.2 Å². The normalized spacial score (nSPS) is 17.0. The third-order valence-electron chi connectivity index (χ3n) is 4.56. The summed E-state index contributed by atoms with van der Waals surface area (Å²) in [5.41, 5.74) is 0.859.